The van der Waals surface area contributed by atoms with Gasteiger partial charge >= 0.3 is 0 Å². The first-order chi connectivity index (χ1) is 8.58. The summed E-state index contributed by atoms with van der Waals surface area (Å²) in [5.41, 5.74) is 0.379. The van der Waals surface area contributed by atoms with Crippen molar-refractivity contribution in [2.24, 2.45) is 16.7 Å². The SMILES string of the molecule is CC(C)(CNCC1(CO)COC1)C1CCCCC1. The van der Waals surface area contributed by atoms with Crippen LogP contribution in [0.2, 0.25) is 0 Å². The fraction of sp³-hybridized carbons (Fsp3) is 1.00. The molecule has 3 nitrogen and oxygen atoms in total. The lowest BCUT2D eigenvalue weighted by atomic mass is 9.71. The first kappa shape index (κ1) is 14.3. The van der Waals surface area contributed by atoms with Gasteiger partial charge in [0, 0.05) is 13.1 Å². The number of ether oxygens (including phenoxy) is 1. The van der Waals surface area contributed by atoms with Crippen LogP contribution in [0.1, 0.15) is 46.0 Å². The third kappa shape index (κ3) is 3.25. The Morgan fingerprint density at radius 1 is 1.22 bits per heavy atom. The molecule has 1 heterocycles. The molecule has 2 fully saturated rings. The molecule has 0 aromatic heterocycles. The van der Waals surface area contributed by atoms with Crippen LogP contribution in [0.3, 0.4) is 0 Å². The van der Waals surface area contributed by atoms with Crippen molar-refractivity contribution in [1.82, 2.24) is 5.32 Å². The van der Waals surface area contributed by atoms with Crippen molar-refractivity contribution in [2.45, 2.75) is 46.0 Å². The van der Waals surface area contributed by atoms with E-state index in [0.29, 0.717) is 18.6 Å². The van der Waals surface area contributed by atoms with Crippen LogP contribution in [0, 0.1) is 16.7 Å². The second kappa shape index (κ2) is 5.89. The highest BCUT2D eigenvalue weighted by atomic mass is 16.5. The van der Waals surface area contributed by atoms with Crippen LogP contribution < -0.4 is 5.32 Å². The molecule has 18 heavy (non-hydrogen) atoms. The van der Waals surface area contributed by atoms with Crippen LogP contribution in [-0.4, -0.2) is 38.0 Å². The lowest BCUT2D eigenvalue weighted by molar-refractivity contribution is -0.135. The minimum Gasteiger partial charge on any atom is -0.396 e. The van der Waals surface area contributed by atoms with E-state index >= 15 is 0 Å². The van der Waals surface area contributed by atoms with Gasteiger partial charge in [0.1, 0.15) is 0 Å². The van der Waals surface area contributed by atoms with Gasteiger partial charge in [-0.15, -0.1) is 0 Å². The summed E-state index contributed by atoms with van der Waals surface area (Å²) in [5, 5.41) is 13.0. The van der Waals surface area contributed by atoms with Gasteiger partial charge < -0.3 is 15.2 Å². The van der Waals surface area contributed by atoms with Gasteiger partial charge in [-0.2, -0.15) is 0 Å². The summed E-state index contributed by atoms with van der Waals surface area (Å²) in [4.78, 5) is 0. The highest BCUT2D eigenvalue weighted by Gasteiger charge is 2.38. The van der Waals surface area contributed by atoms with E-state index in [0.717, 1.165) is 19.0 Å². The highest BCUT2D eigenvalue weighted by Crippen LogP contribution is 2.38. The Morgan fingerprint density at radius 3 is 2.39 bits per heavy atom. The van der Waals surface area contributed by atoms with E-state index in [1.54, 1.807) is 0 Å². The summed E-state index contributed by atoms with van der Waals surface area (Å²) in [7, 11) is 0. The molecule has 2 rings (SSSR count). The maximum atomic E-state index is 9.39. The van der Waals surface area contributed by atoms with Gasteiger partial charge in [0.2, 0.25) is 0 Å². The van der Waals surface area contributed by atoms with Crippen molar-refractivity contribution >= 4 is 0 Å². The molecule has 0 amide bonds. The van der Waals surface area contributed by atoms with Crippen LogP contribution in [0.25, 0.3) is 0 Å². The Bertz CT molecular complexity index is 250. The van der Waals surface area contributed by atoms with E-state index in [1.807, 2.05) is 0 Å². The van der Waals surface area contributed by atoms with Crippen LogP contribution in [0.5, 0.6) is 0 Å². The molecule has 1 aliphatic carbocycles. The van der Waals surface area contributed by atoms with Gasteiger partial charge in [-0.05, 0) is 24.2 Å². The number of hydrogen-bond acceptors (Lipinski definition) is 3. The molecule has 0 unspecified atom stereocenters. The van der Waals surface area contributed by atoms with E-state index in [1.165, 1.54) is 32.1 Å². The highest BCUT2D eigenvalue weighted by molar-refractivity contribution is 4.89. The maximum absolute atomic E-state index is 9.39. The maximum Gasteiger partial charge on any atom is 0.0579 e. The predicted octanol–water partition coefficient (Wildman–Crippen LogP) is 2.19. The first-order valence-electron chi connectivity index (χ1n) is 7.47. The Morgan fingerprint density at radius 2 is 1.89 bits per heavy atom. The Kier molecular flexibility index (Phi) is 4.68. The van der Waals surface area contributed by atoms with Crippen molar-refractivity contribution in [3.05, 3.63) is 0 Å². The van der Waals surface area contributed by atoms with Crippen LogP contribution >= 0.6 is 0 Å². The quantitative estimate of drug-likeness (QED) is 0.764. The fourth-order valence-electron chi connectivity index (χ4n) is 3.32. The Balaban J connectivity index is 1.74. The molecule has 1 aliphatic heterocycles. The van der Waals surface area contributed by atoms with Gasteiger partial charge in [-0.3, -0.25) is 0 Å². The van der Waals surface area contributed by atoms with Gasteiger partial charge in [0.05, 0.1) is 25.2 Å². The van der Waals surface area contributed by atoms with E-state index in [9.17, 15) is 5.11 Å². The molecule has 1 saturated heterocycles. The van der Waals surface area contributed by atoms with Gasteiger partial charge in [-0.1, -0.05) is 33.1 Å². The van der Waals surface area contributed by atoms with Crippen LogP contribution in [0.4, 0.5) is 0 Å². The van der Waals surface area contributed by atoms with Crippen molar-refractivity contribution in [2.75, 3.05) is 32.9 Å². The molecule has 1 saturated carbocycles. The second-order valence-electron chi connectivity index (χ2n) is 7.08. The Hall–Kier alpha value is -0.120. The first-order valence-corrected chi connectivity index (χ1v) is 7.47. The monoisotopic (exact) mass is 255 g/mol. The molecule has 0 bridgehead atoms. The molecule has 2 aliphatic rings. The van der Waals surface area contributed by atoms with Gasteiger partial charge in [0.15, 0.2) is 0 Å². The summed E-state index contributed by atoms with van der Waals surface area (Å²) in [6.45, 7) is 8.38. The zero-order chi connectivity index (χ0) is 13.1. The van der Waals surface area contributed by atoms with Crippen LogP contribution in [-0.2, 0) is 4.74 Å². The minimum absolute atomic E-state index is 0.00262. The number of hydrogen-bond donors (Lipinski definition) is 2. The number of nitrogens with one attached hydrogen (secondary N) is 1. The molecule has 0 aromatic rings. The molecule has 106 valence electrons. The molecule has 0 atom stereocenters. The van der Waals surface area contributed by atoms with Crippen LogP contribution in [0.15, 0.2) is 0 Å². The molecule has 0 aromatic carbocycles. The molecule has 0 radical (unpaired) electrons. The largest absolute Gasteiger partial charge is 0.396 e. The molecular weight excluding hydrogens is 226 g/mol. The van der Waals surface area contributed by atoms with Gasteiger partial charge in [-0.25, -0.2) is 0 Å². The average Bonchev–Trinajstić information content (AvgIpc) is 2.34. The smallest absolute Gasteiger partial charge is 0.0579 e. The standard InChI is InChI=1S/C15H29NO2/c1-14(2,13-6-4-3-5-7-13)8-16-9-15(10-17)11-18-12-15/h13,16-17H,3-12H2,1-2H3. The second-order valence-corrected chi connectivity index (χ2v) is 7.08. The summed E-state index contributed by atoms with van der Waals surface area (Å²) in [6, 6.07) is 0. The summed E-state index contributed by atoms with van der Waals surface area (Å²) >= 11 is 0. The van der Waals surface area contributed by atoms with E-state index in [2.05, 4.69) is 19.2 Å². The van der Waals surface area contributed by atoms with Crippen molar-refractivity contribution in [3.8, 4) is 0 Å². The zero-order valence-corrected chi connectivity index (χ0v) is 12.0. The Labute approximate surface area is 111 Å². The number of aliphatic hydroxyl groups is 1. The average molecular weight is 255 g/mol. The molecule has 2 N–H and O–H groups in total. The third-order valence-electron chi connectivity index (χ3n) is 4.94. The van der Waals surface area contributed by atoms with E-state index < -0.39 is 0 Å². The molecule has 0 spiro atoms. The summed E-state index contributed by atoms with van der Waals surface area (Å²) < 4.78 is 5.23. The normalized spacial score (nSPS) is 24.8. The van der Waals surface area contributed by atoms with E-state index in [4.69, 9.17) is 4.74 Å². The zero-order valence-electron chi connectivity index (χ0n) is 12.0. The fourth-order valence-corrected chi connectivity index (χ4v) is 3.32. The molecular formula is C15H29NO2. The molecule has 3 heteroatoms. The predicted molar refractivity (Wildman–Crippen MR) is 73.6 cm³/mol. The van der Waals surface area contributed by atoms with Crippen molar-refractivity contribution in [1.29, 1.82) is 0 Å². The van der Waals surface area contributed by atoms with Crippen molar-refractivity contribution in [3.63, 3.8) is 0 Å². The lowest BCUT2D eigenvalue weighted by Gasteiger charge is -2.42. The van der Waals surface area contributed by atoms with E-state index in [-0.39, 0.29) is 12.0 Å². The minimum atomic E-state index is 0.00262. The third-order valence-corrected chi connectivity index (χ3v) is 4.94. The number of rotatable bonds is 6. The van der Waals surface area contributed by atoms with Gasteiger partial charge in [0.25, 0.3) is 0 Å². The topological polar surface area (TPSA) is 41.5 Å². The van der Waals surface area contributed by atoms with Crippen molar-refractivity contribution < 1.29 is 9.84 Å². The lowest BCUT2D eigenvalue weighted by Crippen LogP contribution is -2.53. The number of aliphatic hydroxyl groups excluding tert-OH is 1. The summed E-state index contributed by atoms with van der Waals surface area (Å²) in [5.74, 6) is 0.862. The summed E-state index contributed by atoms with van der Waals surface area (Å²) in [6.07, 6.45) is 7.02.